The molecule has 2 atom stereocenters. The number of aliphatic hydroxyl groups is 1. The highest BCUT2D eigenvalue weighted by molar-refractivity contribution is 6.29. The number of morpholine rings is 1. The number of halogens is 1. The number of rotatable bonds is 4. The zero-order valence-corrected chi connectivity index (χ0v) is 12.1. The Labute approximate surface area is 118 Å². The van der Waals surface area contributed by atoms with Gasteiger partial charge in [0.25, 0.3) is 0 Å². The Morgan fingerprint density at radius 1 is 1.47 bits per heavy atom. The van der Waals surface area contributed by atoms with Crippen LogP contribution in [0.15, 0.2) is 6.07 Å². The summed E-state index contributed by atoms with van der Waals surface area (Å²) in [6, 6.07) is 1.77. The first-order valence-electron chi connectivity index (χ1n) is 6.67. The van der Waals surface area contributed by atoms with Crippen LogP contribution in [0.2, 0.25) is 5.15 Å². The quantitative estimate of drug-likeness (QED) is 0.853. The fourth-order valence-corrected chi connectivity index (χ4v) is 2.48. The normalized spacial score (nSPS) is 23.7. The molecule has 0 aromatic carbocycles. The maximum Gasteiger partial charge on any atom is 0.134 e. The van der Waals surface area contributed by atoms with Crippen LogP contribution in [-0.4, -0.2) is 47.0 Å². The molecule has 0 aliphatic carbocycles. The van der Waals surface area contributed by atoms with Crippen LogP contribution in [0.3, 0.4) is 0 Å². The van der Waals surface area contributed by atoms with Gasteiger partial charge in [-0.15, -0.1) is 0 Å². The number of aromatic nitrogens is 2. The van der Waals surface area contributed by atoms with E-state index < -0.39 is 0 Å². The molecule has 0 saturated carbocycles. The molecule has 1 fully saturated rings. The first-order valence-corrected chi connectivity index (χ1v) is 7.05. The van der Waals surface area contributed by atoms with Crippen molar-refractivity contribution in [3.63, 3.8) is 0 Å². The number of aliphatic hydroxyl groups excluding tert-OH is 1. The molecule has 0 radical (unpaired) electrons. The molecule has 2 unspecified atom stereocenters. The molecule has 19 heavy (non-hydrogen) atoms. The van der Waals surface area contributed by atoms with Crippen LogP contribution in [0.1, 0.15) is 26.1 Å². The Hall–Kier alpha value is -0.910. The molecule has 0 spiro atoms. The van der Waals surface area contributed by atoms with Gasteiger partial charge in [-0.2, -0.15) is 0 Å². The lowest BCUT2D eigenvalue weighted by atomic mass is 10.2. The van der Waals surface area contributed by atoms with Crippen LogP contribution in [0.4, 0.5) is 5.82 Å². The van der Waals surface area contributed by atoms with Crippen LogP contribution in [-0.2, 0) is 11.2 Å². The molecular formula is C13H20ClN3O2. The topological polar surface area (TPSA) is 58.5 Å². The highest BCUT2D eigenvalue weighted by atomic mass is 35.5. The summed E-state index contributed by atoms with van der Waals surface area (Å²) in [6.07, 6.45) is 1.69. The third-order valence-electron chi connectivity index (χ3n) is 3.06. The maximum atomic E-state index is 9.26. The summed E-state index contributed by atoms with van der Waals surface area (Å²) >= 11 is 6.05. The van der Waals surface area contributed by atoms with Crippen LogP contribution in [0.25, 0.3) is 0 Å². The summed E-state index contributed by atoms with van der Waals surface area (Å²) in [6.45, 7) is 5.46. The Morgan fingerprint density at radius 3 is 2.95 bits per heavy atom. The largest absolute Gasteiger partial charge is 0.394 e. The summed E-state index contributed by atoms with van der Waals surface area (Å²) in [4.78, 5) is 10.9. The predicted molar refractivity (Wildman–Crippen MR) is 74.7 cm³/mol. The van der Waals surface area contributed by atoms with Crippen molar-refractivity contribution in [1.29, 1.82) is 0 Å². The van der Waals surface area contributed by atoms with Gasteiger partial charge in [0.2, 0.25) is 0 Å². The first kappa shape index (κ1) is 14.5. The van der Waals surface area contributed by atoms with Gasteiger partial charge in [-0.05, 0) is 13.3 Å². The van der Waals surface area contributed by atoms with Crippen molar-refractivity contribution >= 4 is 17.4 Å². The van der Waals surface area contributed by atoms with E-state index in [1.807, 2.05) is 6.92 Å². The van der Waals surface area contributed by atoms with E-state index >= 15 is 0 Å². The molecule has 1 aliphatic heterocycles. The second-order valence-corrected chi connectivity index (χ2v) is 5.26. The molecule has 5 nitrogen and oxygen atoms in total. The molecule has 1 N–H and O–H groups in total. The summed E-state index contributed by atoms with van der Waals surface area (Å²) in [5.74, 6) is 1.58. The van der Waals surface area contributed by atoms with Gasteiger partial charge in [-0.1, -0.05) is 18.5 Å². The van der Waals surface area contributed by atoms with Gasteiger partial charge in [0.1, 0.15) is 16.8 Å². The maximum absolute atomic E-state index is 9.26. The van der Waals surface area contributed by atoms with Crippen molar-refractivity contribution in [3.8, 4) is 0 Å². The van der Waals surface area contributed by atoms with Gasteiger partial charge in [0.15, 0.2) is 0 Å². The average Bonchev–Trinajstić information content (AvgIpc) is 2.37. The minimum Gasteiger partial charge on any atom is -0.394 e. The van der Waals surface area contributed by atoms with E-state index in [-0.39, 0.29) is 18.8 Å². The van der Waals surface area contributed by atoms with Crippen molar-refractivity contribution in [1.82, 2.24) is 9.97 Å². The van der Waals surface area contributed by atoms with E-state index in [2.05, 4.69) is 21.8 Å². The Balaban J connectivity index is 2.20. The zero-order chi connectivity index (χ0) is 13.8. The lowest BCUT2D eigenvalue weighted by Crippen LogP contribution is -2.48. The van der Waals surface area contributed by atoms with Crippen molar-refractivity contribution in [2.24, 2.45) is 0 Å². The summed E-state index contributed by atoms with van der Waals surface area (Å²) in [5, 5.41) is 9.72. The van der Waals surface area contributed by atoms with Crippen LogP contribution < -0.4 is 4.90 Å². The number of ether oxygens (including phenoxy) is 1. The molecule has 0 amide bonds. The Kier molecular flexibility index (Phi) is 4.96. The van der Waals surface area contributed by atoms with E-state index in [1.165, 1.54) is 0 Å². The van der Waals surface area contributed by atoms with Gasteiger partial charge >= 0.3 is 0 Å². The highest BCUT2D eigenvalue weighted by Gasteiger charge is 2.26. The standard InChI is InChI=1S/C13H20ClN3O2/c1-3-4-12-15-11(14)5-13(16-12)17-6-9(2)19-10(7-17)8-18/h5,9-10,18H,3-4,6-8H2,1-2H3. The summed E-state index contributed by atoms with van der Waals surface area (Å²) in [5.41, 5.74) is 0. The second-order valence-electron chi connectivity index (χ2n) is 4.87. The minimum absolute atomic E-state index is 0.0154. The number of hydrogen-bond acceptors (Lipinski definition) is 5. The molecule has 2 heterocycles. The van der Waals surface area contributed by atoms with Crippen molar-refractivity contribution in [3.05, 3.63) is 17.0 Å². The molecular weight excluding hydrogens is 266 g/mol. The number of anilines is 1. The number of aryl methyl sites for hydroxylation is 1. The van der Waals surface area contributed by atoms with E-state index in [4.69, 9.17) is 16.3 Å². The lowest BCUT2D eigenvalue weighted by Gasteiger charge is -2.36. The van der Waals surface area contributed by atoms with E-state index in [0.717, 1.165) is 31.0 Å². The predicted octanol–water partition coefficient (Wildman–Crippen LogP) is 1.67. The third-order valence-corrected chi connectivity index (χ3v) is 3.25. The molecule has 1 aliphatic rings. The van der Waals surface area contributed by atoms with Crippen molar-refractivity contribution in [2.75, 3.05) is 24.6 Å². The lowest BCUT2D eigenvalue weighted by molar-refractivity contribution is -0.0423. The molecule has 2 rings (SSSR count). The van der Waals surface area contributed by atoms with E-state index in [1.54, 1.807) is 6.07 Å². The molecule has 106 valence electrons. The van der Waals surface area contributed by atoms with Crippen molar-refractivity contribution in [2.45, 2.75) is 38.9 Å². The Morgan fingerprint density at radius 2 is 2.26 bits per heavy atom. The average molecular weight is 286 g/mol. The highest BCUT2D eigenvalue weighted by Crippen LogP contribution is 2.21. The van der Waals surface area contributed by atoms with Gasteiger partial charge in [-0.25, -0.2) is 9.97 Å². The fourth-order valence-electron chi connectivity index (χ4n) is 2.28. The van der Waals surface area contributed by atoms with Gasteiger partial charge < -0.3 is 14.7 Å². The fraction of sp³-hybridized carbons (Fsp3) is 0.692. The molecule has 1 saturated heterocycles. The zero-order valence-electron chi connectivity index (χ0n) is 11.3. The second kappa shape index (κ2) is 6.50. The minimum atomic E-state index is -0.174. The molecule has 6 heteroatoms. The number of hydrogen-bond donors (Lipinski definition) is 1. The molecule has 0 bridgehead atoms. The smallest absolute Gasteiger partial charge is 0.134 e. The van der Waals surface area contributed by atoms with Crippen LogP contribution >= 0.6 is 11.6 Å². The van der Waals surface area contributed by atoms with Gasteiger partial charge in [0, 0.05) is 25.6 Å². The summed E-state index contributed by atoms with van der Waals surface area (Å²) in [7, 11) is 0. The Bertz CT molecular complexity index is 430. The van der Waals surface area contributed by atoms with Gasteiger partial charge in [-0.3, -0.25) is 0 Å². The van der Waals surface area contributed by atoms with Crippen LogP contribution in [0.5, 0.6) is 0 Å². The molecule has 1 aromatic heterocycles. The van der Waals surface area contributed by atoms with E-state index in [9.17, 15) is 5.11 Å². The van der Waals surface area contributed by atoms with Crippen LogP contribution in [0, 0.1) is 0 Å². The van der Waals surface area contributed by atoms with Crippen molar-refractivity contribution < 1.29 is 9.84 Å². The summed E-state index contributed by atoms with van der Waals surface area (Å²) < 4.78 is 5.63. The van der Waals surface area contributed by atoms with E-state index in [0.29, 0.717) is 11.7 Å². The monoisotopic (exact) mass is 285 g/mol. The first-order chi connectivity index (χ1) is 9.12. The third kappa shape index (κ3) is 3.78. The van der Waals surface area contributed by atoms with Gasteiger partial charge in [0.05, 0.1) is 18.8 Å². The molecule has 1 aromatic rings. The SMILES string of the molecule is CCCc1nc(Cl)cc(N2CC(C)OC(CO)C2)n1. The number of nitrogens with zero attached hydrogens (tertiary/aromatic N) is 3.